The molecule has 3 nitrogen and oxygen atoms in total. The molecule has 2 rings (SSSR count). The van der Waals surface area contributed by atoms with Gasteiger partial charge in [0.2, 0.25) is 0 Å². The van der Waals surface area contributed by atoms with Gasteiger partial charge in [0.05, 0.1) is 6.10 Å². The molecular formula is C19H26N2O. The van der Waals surface area contributed by atoms with Crippen LogP contribution in [-0.4, -0.2) is 37.7 Å². The maximum atomic E-state index is 6.35. The van der Waals surface area contributed by atoms with Gasteiger partial charge in [0.15, 0.2) is 0 Å². The number of rotatable bonds is 8. The number of hydrogen-bond acceptors (Lipinski definition) is 3. The molecule has 0 bridgehead atoms. The molecule has 2 N–H and O–H groups in total. The largest absolute Gasteiger partial charge is 0.378 e. The van der Waals surface area contributed by atoms with Gasteiger partial charge in [-0.1, -0.05) is 60.7 Å². The summed E-state index contributed by atoms with van der Waals surface area (Å²) < 4.78 is 5.63. The molecule has 0 spiro atoms. The fourth-order valence-electron chi connectivity index (χ4n) is 2.67. The highest BCUT2D eigenvalue weighted by atomic mass is 16.5. The summed E-state index contributed by atoms with van der Waals surface area (Å²) in [5, 5.41) is 0. The van der Waals surface area contributed by atoms with Gasteiger partial charge in [0, 0.05) is 26.2 Å². The first-order valence-electron chi connectivity index (χ1n) is 7.74. The zero-order chi connectivity index (χ0) is 15.8. The molecule has 2 aromatic carbocycles. The van der Waals surface area contributed by atoms with Crippen molar-refractivity contribution in [1.29, 1.82) is 0 Å². The van der Waals surface area contributed by atoms with Crippen molar-refractivity contribution >= 4 is 0 Å². The Kier molecular flexibility index (Phi) is 6.59. The molecule has 0 unspecified atom stereocenters. The minimum absolute atomic E-state index is 0.00868. The van der Waals surface area contributed by atoms with E-state index in [1.807, 2.05) is 24.3 Å². The lowest BCUT2D eigenvalue weighted by Crippen LogP contribution is -2.44. The molecule has 3 heteroatoms. The van der Waals surface area contributed by atoms with Crippen LogP contribution in [0.4, 0.5) is 0 Å². The number of likely N-dealkylation sites (N-methyl/N-ethyl adjacent to an activating group) is 1. The average molecular weight is 298 g/mol. The zero-order valence-corrected chi connectivity index (χ0v) is 13.5. The molecule has 0 aliphatic rings. The first kappa shape index (κ1) is 16.7. The molecule has 0 saturated heterocycles. The molecule has 2 aromatic rings. The van der Waals surface area contributed by atoms with E-state index in [1.54, 1.807) is 7.11 Å². The average Bonchev–Trinajstić information content (AvgIpc) is 2.54. The summed E-state index contributed by atoms with van der Waals surface area (Å²) >= 11 is 0. The Balaban J connectivity index is 1.87. The van der Waals surface area contributed by atoms with Crippen LogP contribution in [-0.2, 0) is 17.7 Å². The molecule has 0 heterocycles. The minimum atomic E-state index is -0.00868. The number of benzene rings is 2. The number of methoxy groups -OCH3 is 1. The van der Waals surface area contributed by atoms with E-state index in [4.69, 9.17) is 10.5 Å². The zero-order valence-electron chi connectivity index (χ0n) is 13.5. The Bertz CT molecular complexity index is 530. The van der Waals surface area contributed by atoms with E-state index in [9.17, 15) is 0 Å². The van der Waals surface area contributed by atoms with Crippen LogP contribution >= 0.6 is 0 Å². The molecule has 118 valence electrons. The normalized spacial score (nSPS) is 14.0. The maximum absolute atomic E-state index is 6.35. The van der Waals surface area contributed by atoms with Crippen molar-refractivity contribution in [2.24, 2.45) is 5.73 Å². The topological polar surface area (TPSA) is 38.5 Å². The third kappa shape index (κ3) is 5.26. The molecule has 2 atom stereocenters. The summed E-state index contributed by atoms with van der Waals surface area (Å²) in [5.41, 5.74) is 8.91. The lowest BCUT2D eigenvalue weighted by atomic mass is 10.0. The van der Waals surface area contributed by atoms with Gasteiger partial charge in [-0.3, -0.25) is 4.90 Å². The van der Waals surface area contributed by atoms with E-state index in [0.29, 0.717) is 0 Å². The highest BCUT2D eigenvalue weighted by Crippen LogP contribution is 2.09. The van der Waals surface area contributed by atoms with E-state index >= 15 is 0 Å². The number of nitrogens with zero attached hydrogens (tertiary/aromatic N) is 1. The molecule has 0 radical (unpaired) electrons. The van der Waals surface area contributed by atoms with Crippen LogP contribution in [0.25, 0.3) is 0 Å². The summed E-state index contributed by atoms with van der Waals surface area (Å²) in [6, 6.07) is 20.8. The van der Waals surface area contributed by atoms with Gasteiger partial charge in [-0.2, -0.15) is 0 Å². The van der Waals surface area contributed by atoms with E-state index in [1.165, 1.54) is 11.1 Å². The molecule has 0 saturated carbocycles. The molecule has 0 fully saturated rings. The Hall–Kier alpha value is -1.68. The van der Waals surface area contributed by atoms with Crippen LogP contribution in [0.2, 0.25) is 0 Å². The summed E-state index contributed by atoms with van der Waals surface area (Å²) in [6.07, 6.45) is 0.854. The predicted octanol–water partition coefficient (Wildman–Crippen LogP) is 2.70. The Labute approximate surface area is 133 Å². The van der Waals surface area contributed by atoms with Crippen LogP contribution < -0.4 is 5.73 Å². The van der Waals surface area contributed by atoms with Crippen LogP contribution in [0.5, 0.6) is 0 Å². The van der Waals surface area contributed by atoms with Crippen molar-refractivity contribution in [2.75, 3.05) is 20.7 Å². The van der Waals surface area contributed by atoms with Crippen molar-refractivity contribution < 1.29 is 4.74 Å². The van der Waals surface area contributed by atoms with Crippen molar-refractivity contribution in [3.8, 4) is 0 Å². The Morgan fingerprint density at radius 1 is 0.955 bits per heavy atom. The fourth-order valence-corrected chi connectivity index (χ4v) is 2.67. The lowest BCUT2D eigenvalue weighted by Gasteiger charge is -2.27. The first-order valence-corrected chi connectivity index (χ1v) is 7.74. The van der Waals surface area contributed by atoms with Gasteiger partial charge in [0.1, 0.15) is 0 Å². The predicted molar refractivity (Wildman–Crippen MR) is 91.7 cm³/mol. The van der Waals surface area contributed by atoms with Gasteiger partial charge in [-0.15, -0.1) is 0 Å². The van der Waals surface area contributed by atoms with Crippen molar-refractivity contribution in [1.82, 2.24) is 4.90 Å². The van der Waals surface area contributed by atoms with E-state index in [-0.39, 0.29) is 12.1 Å². The molecule has 0 aromatic heterocycles. The number of nitrogens with two attached hydrogens (primary N) is 1. The molecular weight excluding hydrogens is 272 g/mol. The van der Waals surface area contributed by atoms with Crippen molar-refractivity contribution in [3.05, 3.63) is 71.8 Å². The molecule has 0 amide bonds. The highest BCUT2D eigenvalue weighted by molar-refractivity contribution is 5.16. The summed E-state index contributed by atoms with van der Waals surface area (Å²) in [7, 11) is 3.85. The molecule has 0 aliphatic carbocycles. The Morgan fingerprint density at radius 3 is 2.05 bits per heavy atom. The van der Waals surface area contributed by atoms with Crippen molar-refractivity contribution in [3.63, 3.8) is 0 Å². The third-order valence-electron chi connectivity index (χ3n) is 3.88. The summed E-state index contributed by atoms with van der Waals surface area (Å²) in [4.78, 5) is 2.26. The first-order chi connectivity index (χ1) is 10.7. The van der Waals surface area contributed by atoms with Crippen LogP contribution in [0.15, 0.2) is 60.7 Å². The van der Waals surface area contributed by atoms with Gasteiger partial charge >= 0.3 is 0 Å². The minimum Gasteiger partial charge on any atom is -0.378 e. The molecule has 22 heavy (non-hydrogen) atoms. The smallest absolute Gasteiger partial charge is 0.0851 e. The second kappa shape index (κ2) is 8.69. The van der Waals surface area contributed by atoms with E-state index < -0.39 is 0 Å². The van der Waals surface area contributed by atoms with Crippen LogP contribution in [0.3, 0.4) is 0 Å². The highest BCUT2D eigenvalue weighted by Gasteiger charge is 2.19. The maximum Gasteiger partial charge on any atom is 0.0851 e. The van der Waals surface area contributed by atoms with Gasteiger partial charge < -0.3 is 10.5 Å². The van der Waals surface area contributed by atoms with Gasteiger partial charge in [-0.25, -0.2) is 0 Å². The van der Waals surface area contributed by atoms with Crippen molar-refractivity contribution in [2.45, 2.75) is 25.1 Å². The van der Waals surface area contributed by atoms with Gasteiger partial charge in [0.25, 0.3) is 0 Å². The summed E-state index contributed by atoms with van der Waals surface area (Å²) in [6.45, 7) is 1.72. The van der Waals surface area contributed by atoms with Gasteiger partial charge in [-0.05, 0) is 24.6 Å². The van der Waals surface area contributed by atoms with E-state index in [2.05, 4.69) is 48.3 Å². The molecule has 0 aliphatic heterocycles. The fraction of sp³-hybridized carbons (Fsp3) is 0.368. The quantitative estimate of drug-likeness (QED) is 0.814. The van der Waals surface area contributed by atoms with Crippen LogP contribution in [0.1, 0.15) is 11.1 Å². The second-order valence-electron chi connectivity index (χ2n) is 5.81. The monoisotopic (exact) mass is 298 g/mol. The third-order valence-corrected chi connectivity index (χ3v) is 3.88. The Morgan fingerprint density at radius 2 is 1.50 bits per heavy atom. The second-order valence-corrected chi connectivity index (χ2v) is 5.81. The number of ether oxygens (including phenoxy) is 1. The number of hydrogen-bond donors (Lipinski definition) is 1. The standard InChI is InChI=1S/C19H26N2O/c1-21(14-17-11-7-4-8-12-17)15-19(22-2)18(20)13-16-9-5-3-6-10-16/h3-12,18-19H,13-15,20H2,1-2H3/t18-,19+/m1/s1. The SMILES string of the molecule is CO[C@@H](CN(C)Cc1ccccc1)[C@H](N)Cc1ccccc1. The lowest BCUT2D eigenvalue weighted by molar-refractivity contribution is 0.0507. The summed E-state index contributed by atoms with van der Waals surface area (Å²) in [5.74, 6) is 0. The van der Waals surface area contributed by atoms with E-state index in [0.717, 1.165) is 19.5 Å². The van der Waals surface area contributed by atoms with Crippen LogP contribution in [0, 0.1) is 0 Å².